The molecule has 2 atom stereocenters. The fourth-order valence-corrected chi connectivity index (χ4v) is 2.10. The monoisotopic (exact) mass is 260 g/mol. The van der Waals surface area contributed by atoms with E-state index in [1.165, 1.54) is 0 Å². The Kier molecular flexibility index (Phi) is 5.87. The quantitative estimate of drug-likeness (QED) is 0.508. The highest BCUT2D eigenvalue weighted by atomic mass is 16.4. The number of carboxylic acid groups (broad SMARTS) is 1. The molecular weight excluding hydrogens is 240 g/mol. The Morgan fingerprint density at radius 2 is 2.17 bits per heavy atom. The number of likely N-dealkylation sites (tertiary alicyclic amines) is 1. The van der Waals surface area contributed by atoms with Crippen LogP contribution in [0.4, 0.5) is 4.79 Å². The van der Waals surface area contributed by atoms with Crippen molar-refractivity contribution in [3.63, 3.8) is 0 Å². The number of aliphatic carboxylic acids is 1. The molecule has 1 aliphatic heterocycles. The van der Waals surface area contributed by atoms with Gasteiger partial charge in [-0.1, -0.05) is 0 Å². The second-order valence-corrected chi connectivity index (χ2v) is 4.40. The first-order valence-electron chi connectivity index (χ1n) is 6.12. The molecule has 18 heavy (non-hydrogen) atoms. The molecule has 1 aliphatic rings. The largest absolute Gasteiger partial charge is 0.479 e. The van der Waals surface area contributed by atoms with Gasteiger partial charge in [0.25, 0.3) is 0 Å². The van der Waals surface area contributed by atoms with Crippen LogP contribution in [-0.2, 0) is 4.79 Å². The number of hydrogen-bond acceptors (Lipinski definition) is 4. The predicted molar refractivity (Wildman–Crippen MR) is 63.1 cm³/mol. The first kappa shape index (κ1) is 14.7. The van der Waals surface area contributed by atoms with Crippen molar-refractivity contribution < 1.29 is 24.9 Å². The summed E-state index contributed by atoms with van der Waals surface area (Å²) in [5.41, 5.74) is 0. The lowest BCUT2D eigenvalue weighted by Gasteiger charge is -2.25. The number of carboxylic acids is 1. The van der Waals surface area contributed by atoms with E-state index in [1.807, 2.05) is 0 Å². The minimum absolute atomic E-state index is 0.0964. The van der Waals surface area contributed by atoms with Crippen LogP contribution < -0.4 is 5.32 Å². The fraction of sp³-hybridized carbons (Fsp3) is 0.818. The van der Waals surface area contributed by atoms with Gasteiger partial charge >= 0.3 is 12.0 Å². The van der Waals surface area contributed by atoms with Crippen molar-refractivity contribution in [1.82, 2.24) is 10.2 Å². The van der Waals surface area contributed by atoms with Crippen molar-refractivity contribution >= 4 is 12.0 Å². The van der Waals surface area contributed by atoms with E-state index >= 15 is 0 Å². The molecule has 0 radical (unpaired) electrons. The van der Waals surface area contributed by atoms with Gasteiger partial charge in [-0.15, -0.1) is 0 Å². The summed E-state index contributed by atoms with van der Waals surface area (Å²) in [6, 6.07) is -0.255. The Balaban J connectivity index is 2.37. The van der Waals surface area contributed by atoms with Gasteiger partial charge in [0.1, 0.15) is 0 Å². The van der Waals surface area contributed by atoms with Crippen molar-refractivity contribution in [2.75, 3.05) is 19.7 Å². The number of aliphatic hydroxyl groups is 2. The van der Waals surface area contributed by atoms with E-state index in [4.69, 9.17) is 15.3 Å². The minimum atomic E-state index is -1.58. The summed E-state index contributed by atoms with van der Waals surface area (Å²) in [6.45, 7) is 0.437. The highest BCUT2D eigenvalue weighted by molar-refractivity contribution is 5.77. The summed E-state index contributed by atoms with van der Waals surface area (Å²) >= 11 is 0. The molecular formula is C11H20N2O5. The average Bonchev–Trinajstić information content (AvgIpc) is 2.81. The van der Waals surface area contributed by atoms with E-state index in [1.54, 1.807) is 4.90 Å². The van der Waals surface area contributed by atoms with Crippen molar-refractivity contribution in [2.45, 2.75) is 37.8 Å². The van der Waals surface area contributed by atoms with Crippen LogP contribution in [0.1, 0.15) is 25.7 Å². The topological polar surface area (TPSA) is 110 Å². The van der Waals surface area contributed by atoms with Crippen LogP contribution in [0.3, 0.4) is 0 Å². The van der Waals surface area contributed by atoms with Crippen LogP contribution in [0.15, 0.2) is 0 Å². The highest BCUT2D eigenvalue weighted by Gasteiger charge is 2.28. The van der Waals surface area contributed by atoms with Gasteiger partial charge in [0, 0.05) is 19.2 Å². The van der Waals surface area contributed by atoms with E-state index < -0.39 is 12.1 Å². The molecule has 7 nitrogen and oxygen atoms in total. The minimum Gasteiger partial charge on any atom is -0.479 e. The number of amides is 2. The first-order valence-corrected chi connectivity index (χ1v) is 6.12. The first-order chi connectivity index (χ1) is 8.56. The average molecular weight is 260 g/mol. The van der Waals surface area contributed by atoms with E-state index in [0.717, 1.165) is 19.3 Å². The third-order valence-corrected chi connectivity index (χ3v) is 3.07. The second kappa shape index (κ2) is 7.17. The molecule has 0 aromatic rings. The van der Waals surface area contributed by atoms with Crippen LogP contribution in [0.5, 0.6) is 0 Å². The Bertz CT molecular complexity index is 297. The Hall–Kier alpha value is -1.34. The molecule has 0 bridgehead atoms. The number of carbonyl (C=O) groups excluding carboxylic acids is 1. The van der Waals surface area contributed by atoms with Crippen molar-refractivity contribution in [1.29, 1.82) is 0 Å². The van der Waals surface area contributed by atoms with Crippen molar-refractivity contribution in [3.8, 4) is 0 Å². The molecule has 1 heterocycles. The molecule has 2 amide bonds. The van der Waals surface area contributed by atoms with Crippen LogP contribution in [0.2, 0.25) is 0 Å². The molecule has 7 heteroatoms. The van der Waals surface area contributed by atoms with Gasteiger partial charge in [-0.3, -0.25) is 0 Å². The standard InChI is InChI=1S/C11H20N2O5/c14-6-2-4-8-3-1-5-13(8)11(18)12-7-9(15)10(16)17/h8-9,14-15H,1-7H2,(H,12,18)(H,16,17)/t8?,9-/m0/s1. The second-order valence-electron chi connectivity index (χ2n) is 4.40. The van der Waals surface area contributed by atoms with E-state index in [-0.39, 0.29) is 25.2 Å². The molecule has 0 spiro atoms. The third-order valence-electron chi connectivity index (χ3n) is 3.07. The highest BCUT2D eigenvalue weighted by Crippen LogP contribution is 2.21. The predicted octanol–water partition coefficient (Wildman–Crippen LogP) is -0.622. The van der Waals surface area contributed by atoms with Gasteiger partial charge in [-0.05, 0) is 25.7 Å². The molecule has 1 rings (SSSR count). The van der Waals surface area contributed by atoms with Gasteiger partial charge in [0.15, 0.2) is 6.10 Å². The van der Waals surface area contributed by atoms with Crippen LogP contribution in [0, 0.1) is 0 Å². The normalized spacial score (nSPS) is 20.8. The zero-order chi connectivity index (χ0) is 13.5. The molecule has 4 N–H and O–H groups in total. The summed E-state index contributed by atoms with van der Waals surface area (Å²) in [7, 11) is 0. The zero-order valence-electron chi connectivity index (χ0n) is 10.2. The number of rotatable bonds is 6. The van der Waals surface area contributed by atoms with Crippen LogP contribution >= 0.6 is 0 Å². The summed E-state index contributed by atoms with van der Waals surface area (Å²) in [5.74, 6) is -1.35. The van der Waals surface area contributed by atoms with E-state index in [2.05, 4.69) is 5.32 Å². The molecule has 0 aromatic heterocycles. The van der Waals surface area contributed by atoms with Gasteiger partial charge in [0.2, 0.25) is 0 Å². The van der Waals surface area contributed by atoms with Gasteiger partial charge in [0.05, 0.1) is 6.54 Å². The maximum atomic E-state index is 11.8. The Morgan fingerprint density at radius 3 is 2.78 bits per heavy atom. The number of aliphatic hydroxyl groups excluding tert-OH is 2. The molecule has 0 aromatic carbocycles. The lowest BCUT2D eigenvalue weighted by Crippen LogP contribution is -2.46. The number of nitrogens with one attached hydrogen (secondary N) is 1. The summed E-state index contributed by atoms with van der Waals surface area (Å²) in [6.07, 6.45) is 1.62. The van der Waals surface area contributed by atoms with E-state index in [9.17, 15) is 9.59 Å². The summed E-state index contributed by atoms with van der Waals surface area (Å²) in [4.78, 5) is 23.8. The number of urea groups is 1. The SMILES string of the molecule is O=C(O)[C@@H](O)CNC(=O)N1CCCC1CCCO. The van der Waals surface area contributed by atoms with Gasteiger partial charge in [-0.2, -0.15) is 0 Å². The number of hydrogen-bond donors (Lipinski definition) is 4. The smallest absolute Gasteiger partial charge is 0.334 e. The Labute approximate surface area is 105 Å². The van der Waals surface area contributed by atoms with Crippen molar-refractivity contribution in [3.05, 3.63) is 0 Å². The lowest BCUT2D eigenvalue weighted by atomic mass is 10.1. The lowest BCUT2D eigenvalue weighted by molar-refractivity contribution is -0.146. The summed E-state index contributed by atoms with van der Waals surface area (Å²) in [5, 5.41) is 28.7. The summed E-state index contributed by atoms with van der Waals surface area (Å²) < 4.78 is 0. The number of carbonyl (C=O) groups is 2. The fourth-order valence-electron chi connectivity index (χ4n) is 2.10. The molecule has 0 aliphatic carbocycles. The third kappa shape index (κ3) is 4.15. The molecule has 0 saturated carbocycles. The van der Waals surface area contributed by atoms with Crippen LogP contribution in [0.25, 0.3) is 0 Å². The van der Waals surface area contributed by atoms with Crippen molar-refractivity contribution in [2.24, 2.45) is 0 Å². The molecule has 1 saturated heterocycles. The van der Waals surface area contributed by atoms with Gasteiger partial charge < -0.3 is 25.5 Å². The molecule has 1 unspecified atom stereocenters. The van der Waals surface area contributed by atoms with Gasteiger partial charge in [-0.25, -0.2) is 9.59 Å². The van der Waals surface area contributed by atoms with E-state index in [0.29, 0.717) is 13.0 Å². The maximum Gasteiger partial charge on any atom is 0.334 e. The van der Waals surface area contributed by atoms with Crippen LogP contribution in [-0.4, -0.2) is 64.1 Å². The Morgan fingerprint density at radius 1 is 1.44 bits per heavy atom. The molecule has 1 fully saturated rings. The maximum absolute atomic E-state index is 11.8. The molecule has 104 valence electrons. The zero-order valence-corrected chi connectivity index (χ0v) is 10.2. The number of nitrogens with zero attached hydrogens (tertiary/aromatic N) is 1.